The lowest BCUT2D eigenvalue weighted by Crippen LogP contribution is -2.12. The van der Waals surface area contributed by atoms with E-state index in [-0.39, 0.29) is 13.1 Å². The number of rotatable bonds is 5. The number of hydrogen-bond acceptors (Lipinski definition) is 4. The summed E-state index contributed by atoms with van der Waals surface area (Å²) < 4.78 is 8.71. The molecule has 0 saturated carbocycles. The lowest BCUT2D eigenvalue weighted by molar-refractivity contribution is -0.152. The molecule has 58 valence electrons. The Morgan fingerprint density at radius 1 is 1.60 bits per heavy atom. The predicted molar refractivity (Wildman–Crippen MR) is 33.3 cm³/mol. The highest BCUT2D eigenvalue weighted by molar-refractivity contribution is 5.71. The van der Waals surface area contributed by atoms with E-state index in [0.717, 1.165) is 6.42 Å². The van der Waals surface area contributed by atoms with Crippen molar-refractivity contribution in [2.45, 2.75) is 13.3 Å². The van der Waals surface area contributed by atoms with Gasteiger partial charge in [-0.05, 0) is 6.42 Å². The molecule has 0 aromatic rings. The second kappa shape index (κ2) is 6.07. The van der Waals surface area contributed by atoms with Gasteiger partial charge < -0.3 is 9.47 Å². The molecule has 0 rings (SSSR count). The van der Waals surface area contributed by atoms with E-state index in [9.17, 15) is 9.59 Å². The van der Waals surface area contributed by atoms with E-state index in [1.54, 1.807) is 0 Å². The van der Waals surface area contributed by atoms with Gasteiger partial charge in [-0.3, -0.25) is 4.79 Å². The minimum absolute atomic E-state index is 0.215. The van der Waals surface area contributed by atoms with Crippen LogP contribution in [-0.2, 0) is 19.1 Å². The van der Waals surface area contributed by atoms with Crippen LogP contribution < -0.4 is 0 Å². The van der Waals surface area contributed by atoms with Crippen LogP contribution >= 0.6 is 0 Å². The minimum Gasteiger partial charge on any atom is -0.463 e. The van der Waals surface area contributed by atoms with E-state index in [4.69, 9.17) is 0 Å². The van der Waals surface area contributed by atoms with Crippen LogP contribution in [0.3, 0.4) is 0 Å². The zero-order valence-electron chi connectivity index (χ0n) is 5.83. The fraction of sp³-hybridized carbons (Fsp3) is 0.667. The molecule has 0 bridgehead atoms. The maximum atomic E-state index is 10.5. The van der Waals surface area contributed by atoms with Crippen molar-refractivity contribution in [3.05, 3.63) is 0 Å². The normalized spacial score (nSPS) is 8.50. The molecule has 0 fully saturated rings. The van der Waals surface area contributed by atoms with Gasteiger partial charge in [0.1, 0.15) is 0 Å². The summed E-state index contributed by atoms with van der Waals surface area (Å²) in [6.45, 7) is 2.19. The van der Waals surface area contributed by atoms with Crippen molar-refractivity contribution in [1.82, 2.24) is 0 Å². The second-order valence-corrected chi connectivity index (χ2v) is 1.63. The highest BCUT2D eigenvalue weighted by atomic mass is 16.6. The molecule has 0 heterocycles. The fourth-order valence-corrected chi connectivity index (χ4v) is 0.360. The van der Waals surface area contributed by atoms with Crippen LogP contribution in [0.2, 0.25) is 0 Å². The molecule has 0 unspecified atom stereocenters. The molecule has 0 aliphatic heterocycles. The predicted octanol–water partition coefficient (Wildman–Crippen LogP) is 0.113. The molecule has 0 aliphatic carbocycles. The molecular formula is C6H10O4. The Hall–Kier alpha value is -1.06. The SMILES string of the molecule is CCCOC(=O)COC=O. The molecule has 0 saturated heterocycles. The first-order valence-corrected chi connectivity index (χ1v) is 3.02. The van der Waals surface area contributed by atoms with Gasteiger partial charge in [0.15, 0.2) is 6.61 Å². The van der Waals surface area contributed by atoms with E-state index in [0.29, 0.717) is 6.61 Å². The van der Waals surface area contributed by atoms with E-state index in [1.165, 1.54) is 0 Å². The Morgan fingerprint density at radius 3 is 2.80 bits per heavy atom. The molecule has 0 atom stereocenters. The van der Waals surface area contributed by atoms with Crippen molar-refractivity contribution in [2.75, 3.05) is 13.2 Å². The van der Waals surface area contributed by atoms with E-state index < -0.39 is 5.97 Å². The van der Waals surface area contributed by atoms with Crippen LogP contribution in [0.4, 0.5) is 0 Å². The Labute approximate surface area is 59.1 Å². The van der Waals surface area contributed by atoms with Crippen LogP contribution in [0.5, 0.6) is 0 Å². The third-order valence-electron chi connectivity index (χ3n) is 0.736. The van der Waals surface area contributed by atoms with Gasteiger partial charge in [-0.15, -0.1) is 0 Å². The fourth-order valence-electron chi connectivity index (χ4n) is 0.360. The van der Waals surface area contributed by atoms with Gasteiger partial charge in [-0.1, -0.05) is 6.92 Å². The molecule has 10 heavy (non-hydrogen) atoms. The van der Waals surface area contributed by atoms with Crippen LogP contribution in [0, 0.1) is 0 Å². The van der Waals surface area contributed by atoms with Crippen LogP contribution in [0.1, 0.15) is 13.3 Å². The zero-order chi connectivity index (χ0) is 7.82. The number of carbonyl (C=O) groups is 2. The summed E-state index contributed by atoms with van der Waals surface area (Å²) in [5, 5.41) is 0. The highest BCUT2D eigenvalue weighted by Crippen LogP contribution is 1.82. The second-order valence-electron chi connectivity index (χ2n) is 1.63. The van der Waals surface area contributed by atoms with Crippen molar-refractivity contribution in [1.29, 1.82) is 0 Å². The lowest BCUT2D eigenvalue weighted by atomic mass is 10.5. The topological polar surface area (TPSA) is 52.6 Å². The largest absolute Gasteiger partial charge is 0.463 e. The van der Waals surface area contributed by atoms with Gasteiger partial charge in [0.05, 0.1) is 6.61 Å². The van der Waals surface area contributed by atoms with Gasteiger partial charge in [-0.25, -0.2) is 4.79 Å². The molecule has 4 nitrogen and oxygen atoms in total. The van der Waals surface area contributed by atoms with Crippen molar-refractivity contribution in [2.24, 2.45) is 0 Å². The third-order valence-corrected chi connectivity index (χ3v) is 0.736. The molecule has 0 amide bonds. The first-order chi connectivity index (χ1) is 4.81. The van der Waals surface area contributed by atoms with Crippen LogP contribution in [-0.4, -0.2) is 25.7 Å². The van der Waals surface area contributed by atoms with Gasteiger partial charge in [0, 0.05) is 0 Å². The molecule has 0 aliphatic rings. The first-order valence-electron chi connectivity index (χ1n) is 3.02. The minimum atomic E-state index is -0.506. The summed E-state index contributed by atoms with van der Waals surface area (Å²) in [4.78, 5) is 20.0. The molecule has 0 N–H and O–H groups in total. The summed E-state index contributed by atoms with van der Waals surface area (Å²) in [7, 11) is 0. The average Bonchev–Trinajstić information content (AvgIpc) is 1.97. The van der Waals surface area contributed by atoms with E-state index in [2.05, 4.69) is 9.47 Å². The number of hydrogen-bond donors (Lipinski definition) is 0. The van der Waals surface area contributed by atoms with Gasteiger partial charge >= 0.3 is 5.97 Å². The van der Waals surface area contributed by atoms with Crippen molar-refractivity contribution >= 4 is 12.4 Å². The molecule has 0 aromatic heterocycles. The number of carbonyl (C=O) groups excluding carboxylic acids is 2. The monoisotopic (exact) mass is 146 g/mol. The third kappa shape index (κ3) is 5.08. The van der Waals surface area contributed by atoms with E-state index in [1.807, 2.05) is 6.92 Å². The summed E-state index contributed by atoms with van der Waals surface area (Å²) in [6.07, 6.45) is 0.771. The maximum absolute atomic E-state index is 10.5. The van der Waals surface area contributed by atoms with Crippen molar-refractivity contribution in [3.63, 3.8) is 0 Å². The van der Waals surface area contributed by atoms with Crippen LogP contribution in [0.25, 0.3) is 0 Å². The summed E-state index contributed by atoms with van der Waals surface area (Å²) in [5.74, 6) is -0.506. The zero-order valence-corrected chi connectivity index (χ0v) is 5.83. The average molecular weight is 146 g/mol. The summed E-state index contributed by atoms with van der Waals surface area (Å²) >= 11 is 0. The number of esters is 1. The standard InChI is InChI=1S/C6H10O4/c1-2-3-10-6(8)4-9-5-7/h5H,2-4H2,1H3. The quantitative estimate of drug-likeness (QED) is 0.408. The van der Waals surface area contributed by atoms with Gasteiger partial charge in [-0.2, -0.15) is 0 Å². The van der Waals surface area contributed by atoms with E-state index >= 15 is 0 Å². The Kier molecular flexibility index (Phi) is 5.42. The van der Waals surface area contributed by atoms with Gasteiger partial charge in [0.25, 0.3) is 6.47 Å². The Morgan fingerprint density at radius 2 is 2.30 bits per heavy atom. The molecule has 0 spiro atoms. The summed E-state index contributed by atoms with van der Waals surface area (Å²) in [6, 6.07) is 0. The molecule has 0 radical (unpaired) electrons. The van der Waals surface area contributed by atoms with Gasteiger partial charge in [0.2, 0.25) is 0 Å². The highest BCUT2D eigenvalue weighted by Gasteiger charge is 1.99. The smallest absolute Gasteiger partial charge is 0.344 e. The number of ether oxygens (including phenoxy) is 2. The Balaban J connectivity index is 3.16. The lowest BCUT2D eigenvalue weighted by Gasteiger charge is -1.99. The molecule has 0 aromatic carbocycles. The molecule has 4 heteroatoms. The van der Waals surface area contributed by atoms with Crippen molar-refractivity contribution in [3.8, 4) is 0 Å². The maximum Gasteiger partial charge on any atom is 0.344 e. The first kappa shape index (κ1) is 8.94. The van der Waals surface area contributed by atoms with Crippen molar-refractivity contribution < 1.29 is 19.1 Å². The molecular weight excluding hydrogens is 136 g/mol. The van der Waals surface area contributed by atoms with Crippen LogP contribution in [0.15, 0.2) is 0 Å². The Bertz CT molecular complexity index is 110. The summed E-state index contributed by atoms with van der Waals surface area (Å²) in [5.41, 5.74) is 0.